The van der Waals surface area contributed by atoms with Crippen molar-refractivity contribution in [1.29, 1.82) is 0 Å². The van der Waals surface area contributed by atoms with E-state index in [9.17, 15) is 4.79 Å². The predicted molar refractivity (Wildman–Crippen MR) is 102 cm³/mol. The first-order valence-corrected chi connectivity index (χ1v) is 9.83. The Balaban J connectivity index is 1.39. The number of amides is 1. The summed E-state index contributed by atoms with van der Waals surface area (Å²) >= 11 is 1.53. The molecular weight excluding hydrogens is 350 g/mol. The minimum atomic E-state index is 0.143. The fraction of sp³-hybridized carbons (Fsp3) is 0.500. The number of aromatic nitrogens is 2. The van der Waals surface area contributed by atoms with Gasteiger partial charge in [0.1, 0.15) is 0 Å². The molecule has 2 aliphatic heterocycles. The number of morpholine rings is 1. The molecule has 7 nitrogen and oxygen atoms in total. The van der Waals surface area contributed by atoms with Crippen molar-refractivity contribution in [2.45, 2.75) is 6.92 Å². The summed E-state index contributed by atoms with van der Waals surface area (Å²) < 4.78 is 5.40. The molecule has 2 fully saturated rings. The van der Waals surface area contributed by atoms with Crippen LogP contribution >= 0.6 is 11.3 Å². The molecule has 1 amide bonds. The fourth-order valence-corrected chi connectivity index (χ4v) is 4.20. The number of nitrogens with zero attached hydrogens (tertiary/aromatic N) is 5. The smallest absolute Gasteiger partial charge is 0.264 e. The van der Waals surface area contributed by atoms with Gasteiger partial charge < -0.3 is 19.4 Å². The average Bonchev–Trinajstić information content (AvgIpc) is 3.15. The van der Waals surface area contributed by atoms with Gasteiger partial charge in [-0.3, -0.25) is 4.79 Å². The zero-order valence-corrected chi connectivity index (χ0v) is 15.7. The highest BCUT2D eigenvalue weighted by Gasteiger charge is 2.24. The van der Waals surface area contributed by atoms with Crippen molar-refractivity contribution in [1.82, 2.24) is 15.1 Å². The maximum Gasteiger partial charge on any atom is 0.264 e. The molecule has 2 aliphatic rings. The van der Waals surface area contributed by atoms with Gasteiger partial charge in [0, 0.05) is 45.3 Å². The van der Waals surface area contributed by atoms with Gasteiger partial charge in [0.2, 0.25) is 0 Å². The van der Waals surface area contributed by atoms with E-state index in [1.54, 1.807) is 0 Å². The molecule has 0 unspecified atom stereocenters. The van der Waals surface area contributed by atoms with Gasteiger partial charge in [-0.2, -0.15) is 5.10 Å². The zero-order chi connectivity index (χ0) is 17.9. The van der Waals surface area contributed by atoms with Crippen LogP contribution in [0.4, 0.5) is 11.5 Å². The molecule has 0 bridgehead atoms. The molecule has 26 heavy (non-hydrogen) atoms. The van der Waals surface area contributed by atoms with E-state index in [-0.39, 0.29) is 5.91 Å². The van der Waals surface area contributed by atoms with E-state index in [0.29, 0.717) is 0 Å². The SMILES string of the molecule is Cc1csc(C(=O)N2CCN(c3cnnc(N4CCOCC4)c3)CC2)c1. The molecule has 0 N–H and O–H groups in total. The van der Waals surface area contributed by atoms with E-state index in [1.807, 2.05) is 29.5 Å². The van der Waals surface area contributed by atoms with Crippen LogP contribution in [0.25, 0.3) is 0 Å². The van der Waals surface area contributed by atoms with Crippen LogP contribution in [0.3, 0.4) is 0 Å². The number of rotatable bonds is 3. The number of hydrogen-bond acceptors (Lipinski definition) is 7. The van der Waals surface area contributed by atoms with Crippen molar-refractivity contribution in [2.75, 3.05) is 62.3 Å². The molecule has 0 aliphatic carbocycles. The summed E-state index contributed by atoms with van der Waals surface area (Å²) in [6.45, 7) is 8.25. The molecule has 0 atom stereocenters. The lowest BCUT2D eigenvalue weighted by Crippen LogP contribution is -2.48. The molecule has 0 aromatic carbocycles. The number of carbonyl (C=O) groups excluding carboxylic acids is 1. The highest BCUT2D eigenvalue weighted by Crippen LogP contribution is 2.22. The summed E-state index contributed by atoms with van der Waals surface area (Å²) in [4.78, 5) is 19.9. The summed E-state index contributed by atoms with van der Waals surface area (Å²) in [6, 6.07) is 4.07. The summed E-state index contributed by atoms with van der Waals surface area (Å²) in [5.41, 5.74) is 2.22. The Morgan fingerprint density at radius 1 is 1.08 bits per heavy atom. The first kappa shape index (κ1) is 17.2. The van der Waals surface area contributed by atoms with Crippen LogP contribution < -0.4 is 9.80 Å². The Kier molecular flexibility index (Phi) is 5.03. The van der Waals surface area contributed by atoms with Crippen LogP contribution in [-0.2, 0) is 4.74 Å². The van der Waals surface area contributed by atoms with Crippen molar-refractivity contribution in [3.8, 4) is 0 Å². The van der Waals surface area contributed by atoms with E-state index in [4.69, 9.17) is 4.74 Å². The Morgan fingerprint density at radius 2 is 1.85 bits per heavy atom. The van der Waals surface area contributed by atoms with Gasteiger partial charge in [-0.15, -0.1) is 16.4 Å². The summed E-state index contributed by atoms with van der Waals surface area (Å²) in [7, 11) is 0. The van der Waals surface area contributed by atoms with Crippen molar-refractivity contribution in [3.63, 3.8) is 0 Å². The van der Waals surface area contributed by atoms with Crippen LogP contribution in [0.2, 0.25) is 0 Å². The maximum absolute atomic E-state index is 12.6. The first-order valence-electron chi connectivity index (χ1n) is 8.95. The number of piperazine rings is 1. The highest BCUT2D eigenvalue weighted by atomic mass is 32.1. The van der Waals surface area contributed by atoms with Crippen LogP contribution in [0, 0.1) is 6.92 Å². The van der Waals surface area contributed by atoms with Crippen molar-refractivity contribution >= 4 is 28.7 Å². The van der Waals surface area contributed by atoms with Gasteiger partial charge in [-0.25, -0.2) is 0 Å². The Labute approximate surface area is 157 Å². The topological polar surface area (TPSA) is 61.8 Å². The van der Waals surface area contributed by atoms with Gasteiger partial charge in [0.15, 0.2) is 5.82 Å². The normalized spacial score (nSPS) is 18.3. The molecule has 0 saturated carbocycles. The van der Waals surface area contributed by atoms with E-state index < -0.39 is 0 Å². The van der Waals surface area contributed by atoms with Crippen LogP contribution in [0.15, 0.2) is 23.7 Å². The Morgan fingerprint density at radius 3 is 2.54 bits per heavy atom. The maximum atomic E-state index is 12.6. The van der Waals surface area contributed by atoms with Crippen molar-refractivity contribution in [3.05, 3.63) is 34.2 Å². The molecule has 8 heteroatoms. The average molecular weight is 373 g/mol. The fourth-order valence-electron chi connectivity index (χ4n) is 3.33. The third-order valence-electron chi connectivity index (χ3n) is 4.84. The Hall–Kier alpha value is -2.19. The largest absolute Gasteiger partial charge is 0.378 e. The summed E-state index contributed by atoms with van der Waals surface area (Å²) in [6.07, 6.45) is 1.81. The van der Waals surface area contributed by atoms with Crippen molar-refractivity contribution < 1.29 is 9.53 Å². The number of hydrogen-bond donors (Lipinski definition) is 0. The van der Waals surface area contributed by atoms with Gasteiger partial charge in [0.05, 0.1) is 30.0 Å². The third kappa shape index (κ3) is 3.66. The number of anilines is 2. The summed E-state index contributed by atoms with van der Waals surface area (Å²) in [5.74, 6) is 1.04. The van der Waals surface area contributed by atoms with Crippen LogP contribution in [0.5, 0.6) is 0 Å². The molecule has 2 saturated heterocycles. The van der Waals surface area contributed by atoms with E-state index in [2.05, 4.69) is 26.1 Å². The molecule has 4 heterocycles. The monoisotopic (exact) mass is 373 g/mol. The quantitative estimate of drug-likeness (QED) is 0.815. The second-order valence-corrected chi connectivity index (χ2v) is 7.55. The Bertz CT molecular complexity index is 766. The van der Waals surface area contributed by atoms with Crippen molar-refractivity contribution in [2.24, 2.45) is 0 Å². The lowest BCUT2D eigenvalue weighted by atomic mass is 10.2. The highest BCUT2D eigenvalue weighted by molar-refractivity contribution is 7.12. The summed E-state index contributed by atoms with van der Waals surface area (Å²) in [5, 5.41) is 10.5. The molecule has 2 aromatic rings. The van der Waals surface area contributed by atoms with Gasteiger partial charge in [-0.05, 0) is 23.9 Å². The van der Waals surface area contributed by atoms with Crippen LogP contribution in [-0.4, -0.2) is 73.5 Å². The number of thiophene rings is 1. The number of carbonyl (C=O) groups is 1. The predicted octanol–water partition coefficient (Wildman–Crippen LogP) is 1.65. The molecule has 138 valence electrons. The third-order valence-corrected chi connectivity index (χ3v) is 5.87. The molecule has 0 radical (unpaired) electrons. The van der Waals surface area contributed by atoms with Gasteiger partial charge in [0.25, 0.3) is 5.91 Å². The lowest BCUT2D eigenvalue weighted by Gasteiger charge is -2.36. The van der Waals surface area contributed by atoms with Crippen LogP contribution in [0.1, 0.15) is 15.2 Å². The second kappa shape index (κ2) is 7.59. The second-order valence-electron chi connectivity index (χ2n) is 6.64. The number of aryl methyl sites for hydroxylation is 1. The molecular formula is C18H23N5O2S. The van der Waals surface area contributed by atoms with E-state index >= 15 is 0 Å². The minimum absolute atomic E-state index is 0.143. The minimum Gasteiger partial charge on any atom is -0.378 e. The molecule has 2 aromatic heterocycles. The van der Waals surface area contributed by atoms with Gasteiger partial charge >= 0.3 is 0 Å². The molecule has 0 spiro atoms. The first-order chi connectivity index (χ1) is 12.7. The standard InChI is InChI=1S/C18H23N5O2S/c1-14-10-16(26-13-14)18(24)23-4-2-21(3-5-23)15-11-17(20-19-12-15)22-6-8-25-9-7-22/h10-13H,2-9H2,1H3. The lowest BCUT2D eigenvalue weighted by molar-refractivity contribution is 0.0751. The molecule has 4 rings (SSSR count). The van der Waals surface area contributed by atoms with Gasteiger partial charge in [-0.1, -0.05) is 0 Å². The van der Waals surface area contributed by atoms with E-state index in [0.717, 1.165) is 74.4 Å². The zero-order valence-electron chi connectivity index (χ0n) is 14.9. The number of ether oxygens (including phenoxy) is 1. The van der Waals surface area contributed by atoms with E-state index in [1.165, 1.54) is 11.3 Å².